The number of nitrogens with zero attached hydrogens (tertiary/aromatic N) is 2. The molecular weight excluding hydrogens is 199 g/mol. The van der Waals surface area contributed by atoms with E-state index in [2.05, 4.69) is 15.0 Å². The van der Waals surface area contributed by atoms with Crippen LogP contribution in [0.15, 0.2) is 18.6 Å². The molecule has 0 saturated carbocycles. The van der Waals surface area contributed by atoms with Gasteiger partial charge in [0.05, 0.1) is 23.7 Å². The highest BCUT2D eigenvalue weighted by atomic mass is 35.5. The number of nitrogens with one attached hydrogen (secondary N) is 1. The normalized spacial score (nSPS) is 8.67. The Bertz CT molecular complexity index is 359. The quantitative estimate of drug-likeness (QED) is 0.685. The lowest BCUT2D eigenvalue weighted by molar-refractivity contribution is 1.30. The topological polar surface area (TPSA) is 67.6 Å². The van der Waals surface area contributed by atoms with Crippen LogP contribution >= 0.6 is 24.8 Å². The first-order valence-corrected chi connectivity index (χ1v) is 2.91. The number of hydrogen-bond donors (Lipinski definition) is 2. The van der Waals surface area contributed by atoms with Gasteiger partial charge >= 0.3 is 0 Å². The summed E-state index contributed by atoms with van der Waals surface area (Å²) in [6, 6.07) is 1.80. The first-order valence-electron chi connectivity index (χ1n) is 2.91. The van der Waals surface area contributed by atoms with Crippen molar-refractivity contribution in [1.82, 2.24) is 15.0 Å². The standard InChI is InChI=1S/C6H6N4.2ClH/c7-4-1-5-6(8-2-4)10-3-9-5;;/h1-3H,7H2,(H,8,9,10);2*1H. The highest BCUT2D eigenvalue weighted by molar-refractivity contribution is 5.85. The van der Waals surface area contributed by atoms with Crippen LogP contribution in [0.4, 0.5) is 5.69 Å². The molecule has 0 aromatic carbocycles. The first-order chi connectivity index (χ1) is 4.86. The van der Waals surface area contributed by atoms with Gasteiger partial charge in [-0.3, -0.25) is 0 Å². The van der Waals surface area contributed by atoms with Gasteiger partial charge in [-0.15, -0.1) is 24.8 Å². The maximum Gasteiger partial charge on any atom is 0.177 e. The zero-order chi connectivity index (χ0) is 6.97. The van der Waals surface area contributed by atoms with Gasteiger partial charge in [-0.2, -0.15) is 0 Å². The van der Waals surface area contributed by atoms with Crippen molar-refractivity contribution in [2.45, 2.75) is 0 Å². The molecule has 0 aliphatic heterocycles. The van der Waals surface area contributed by atoms with E-state index < -0.39 is 0 Å². The van der Waals surface area contributed by atoms with E-state index in [9.17, 15) is 0 Å². The monoisotopic (exact) mass is 206 g/mol. The number of anilines is 1. The minimum Gasteiger partial charge on any atom is -0.397 e. The molecule has 4 nitrogen and oxygen atoms in total. The summed E-state index contributed by atoms with van der Waals surface area (Å²) in [7, 11) is 0. The molecule has 2 rings (SSSR count). The molecule has 0 unspecified atom stereocenters. The average molecular weight is 207 g/mol. The smallest absolute Gasteiger partial charge is 0.177 e. The van der Waals surface area contributed by atoms with Gasteiger partial charge in [-0.25, -0.2) is 9.97 Å². The molecule has 0 radical (unpaired) electrons. The van der Waals surface area contributed by atoms with Crippen molar-refractivity contribution >= 4 is 41.7 Å². The summed E-state index contributed by atoms with van der Waals surface area (Å²) >= 11 is 0. The van der Waals surface area contributed by atoms with Crippen LogP contribution in [0.3, 0.4) is 0 Å². The van der Waals surface area contributed by atoms with Crippen LogP contribution in [0, 0.1) is 0 Å². The lowest BCUT2D eigenvalue weighted by Crippen LogP contribution is -1.85. The summed E-state index contributed by atoms with van der Waals surface area (Å²) < 4.78 is 0. The van der Waals surface area contributed by atoms with Gasteiger partial charge in [0.2, 0.25) is 0 Å². The lowest BCUT2D eigenvalue weighted by atomic mass is 10.4. The molecule has 0 aliphatic rings. The predicted molar refractivity (Wildman–Crippen MR) is 52.8 cm³/mol. The van der Waals surface area contributed by atoms with Crippen molar-refractivity contribution < 1.29 is 0 Å². The molecule has 0 spiro atoms. The maximum atomic E-state index is 5.47. The van der Waals surface area contributed by atoms with Gasteiger partial charge in [-0.1, -0.05) is 0 Å². The van der Waals surface area contributed by atoms with Crippen LogP contribution in [0.25, 0.3) is 11.2 Å². The molecule has 0 bridgehead atoms. The van der Waals surface area contributed by atoms with E-state index in [1.807, 2.05) is 0 Å². The van der Waals surface area contributed by atoms with Crippen molar-refractivity contribution in [3.63, 3.8) is 0 Å². The number of aromatic amines is 1. The summed E-state index contributed by atoms with van der Waals surface area (Å²) in [4.78, 5) is 10.8. The number of aromatic nitrogens is 3. The van der Waals surface area contributed by atoms with E-state index in [-0.39, 0.29) is 24.8 Å². The molecule has 0 atom stereocenters. The lowest BCUT2D eigenvalue weighted by Gasteiger charge is -1.88. The third-order valence-corrected chi connectivity index (χ3v) is 1.29. The molecule has 0 fully saturated rings. The Balaban J connectivity index is 0.000000605. The van der Waals surface area contributed by atoms with E-state index in [4.69, 9.17) is 5.73 Å². The number of hydrogen-bond acceptors (Lipinski definition) is 3. The fraction of sp³-hybridized carbons (Fsp3) is 0. The Morgan fingerprint density at radius 2 is 2.00 bits per heavy atom. The molecule has 0 saturated heterocycles. The summed E-state index contributed by atoms with van der Waals surface area (Å²) in [6.45, 7) is 0. The van der Waals surface area contributed by atoms with Crippen molar-refractivity contribution in [1.29, 1.82) is 0 Å². The number of halogens is 2. The van der Waals surface area contributed by atoms with Gasteiger partial charge in [-0.05, 0) is 6.07 Å². The molecule has 2 heterocycles. The molecule has 12 heavy (non-hydrogen) atoms. The number of H-pyrrole nitrogens is 1. The van der Waals surface area contributed by atoms with Crippen LogP contribution in [0.5, 0.6) is 0 Å². The summed E-state index contributed by atoms with van der Waals surface area (Å²) in [5, 5.41) is 0. The first kappa shape index (κ1) is 11.0. The Morgan fingerprint density at radius 1 is 1.25 bits per heavy atom. The molecule has 0 amide bonds. The average Bonchev–Trinajstić information content (AvgIpc) is 2.33. The Kier molecular flexibility index (Phi) is 3.79. The molecule has 3 N–H and O–H groups in total. The van der Waals surface area contributed by atoms with E-state index in [1.165, 1.54) is 0 Å². The van der Waals surface area contributed by atoms with Gasteiger partial charge < -0.3 is 10.7 Å². The minimum absolute atomic E-state index is 0. The third kappa shape index (κ3) is 1.78. The zero-order valence-electron chi connectivity index (χ0n) is 6.02. The minimum atomic E-state index is 0. The fourth-order valence-electron chi connectivity index (χ4n) is 0.846. The fourth-order valence-corrected chi connectivity index (χ4v) is 0.846. The number of imidazole rings is 1. The molecule has 0 aliphatic carbocycles. The van der Waals surface area contributed by atoms with Gasteiger partial charge in [0.25, 0.3) is 0 Å². The second-order valence-corrected chi connectivity index (χ2v) is 2.04. The van der Waals surface area contributed by atoms with Crippen LogP contribution in [-0.4, -0.2) is 15.0 Å². The summed E-state index contributed by atoms with van der Waals surface area (Å²) in [5.41, 5.74) is 7.70. The number of pyridine rings is 1. The molecule has 66 valence electrons. The van der Waals surface area contributed by atoms with Crippen LogP contribution in [0.2, 0.25) is 0 Å². The second-order valence-electron chi connectivity index (χ2n) is 2.04. The van der Waals surface area contributed by atoms with Gasteiger partial charge in [0.15, 0.2) is 5.65 Å². The molecular formula is C6H8Cl2N4. The van der Waals surface area contributed by atoms with E-state index in [0.29, 0.717) is 11.3 Å². The van der Waals surface area contributed by atoms with Crippen LogP contribution in [0.1, 0.15) is 0 Å². The molecule has 2 aromatic rings. The summed E-state index contributed by atoms with van der Waals surface area (Å²) in [5.74, 6) is 0. The van der Waals surface area contributed by atoms with Crippen molar-refractivity contribution in [3.8, 4) is 0 Å². The summed E-state index contributed by atoms with van der Waals surface area (Å²) in [6.07, 6.45) is 3.18. The van der Waals surface area contributed by atoms with Crippen LogP contribution in [-0.2, 0) is 0 Å². The highest BCUT2D eigenvalue weighted by Gasteiger charge is 1.94. The van der Waals surface area contributed by atoms with Crippen molar-refractivity contribution in [3.05, 3.63) is 18.6 Å². The third-order valence-electron chi connectivity index (χ3n) is 1.29. The SMILES string of the molecule is Cl.Cl.Nc1cnc2nc[nH]c2c1. The zero-order valence-corrected chi connectivity index (χ0v) is 7.65. The Labute approximate surface area is 81.4 Å². The Morgan fingerprint density at radius 3 is 2.75 bits per heavy atom. The number of nitrogens with two attached hydrogens (primary N) is 1. The van der Waals surface area contributed by atoms with Crippen LogP contribution < -0.4 is 5.73 Å². The van der Waals surface area contributed by atoms with E-state index >= 15 is 0 Å². The number of rotatable bonds is 0. The second kappa shape index (κ2) is 4.13. The highest BCUT2D eigenvalue weighted by Crippen LogP contribution is 2.08. The van der Waals surface area contributed by atoms with Gasteiger partial charge in [0.1, 0.15) is 0 Å². The Hall–Kier alpha value is -1.00. The number of fused-ring (bicyclic) bond motifs is 1. The molecule has 2 aromatic heterocycles. The molecule has 6 heteroatoms. The number of nitrogen functional groups attached to an aromatic ring is 1. The van der Waals surface area contributed by atoms with E-state index in [0.717, 1.165) is 5.52 Å². The van der Waals surface area contributed by atoms with Crippen molar-refractivity contribution in [2.75, 3.05) is 5.73 Å². The van der Waals surface area contributed by atoms with E-state index in [1.54, 1.807) is 18.6 Å². The van der Waals surface area contributed by atoms with Gasteiger partial charge in [0, 0.05) is 0 Å². The predicted octanol–water partition coefficient (Wildman–Crippen LogP) is 1.38. The van der Waals surface area contributed by atoms with Crippen molar-refractivity contribution in [2.24, 2.45) is 0 Å². The maximum absolute atomic E-state index is 5.47. The largest absolute Gasteiger partial charge is 0.397 e.